The van der Waals surface area contributed by atoms with Gasteiger partial charge in [0.15, 0.2) is 0 Å². The van der Waals surface area contributed by atoms with Crippen LogP contribution in [0.4, 0.5) is 5.69 Å². The number of benzene rings is 2. The van der Waals surface area contributed by atoms with E-state index in [1.807, 2.05) is 49.2 Å². The number of halogens is 3. The van der Waals surface area contributed by atoms with E-state index in [0.29, 0.717) is 45.7 Å². The van der Waals surface area contributed by atoms with E-state index in [-0.39, 0.29) is 29.1 Å². The van der Waals surface area contributed by atoms with Gasteiger partial charge < -0.3 is 0 Å². The van der Waals surface area contributed by atoms with Crippen LogP contribution < -0.4 is 10.4 Å². The van der Waals surface area contributed by atoms with Crippen LogP contribution in [-0.2, 0) is 19.7 Å². The highest BCUT2D eigenvalue weighted by Crippen LogP contribution is 2.64. The largest absolute Gasteiger partial charge is 0.299 e. The Hall–Kier alpha value is -2.21. The van der Waals surface area contributed by atoms with Crippen LogP contribution in [0.1, 0.15) is 70.4 Å². The number of carbonyl (C=O) groups excluding carboxylic acids is 2. The Morgan fingerprint density at radius 2 is 1.68 bits per heavy atom. The third kappa shape index (κ3) is 6.81. The molecule has 44 heavy (non-hydrogen) atoms. The Morgan fingerprint density at radius 1 is 1.02 bits per heavy atom. The number of fused-ring (bicyclic) bond motifs is 2. The van der Waals surface area contributed by atoms with E-state index in [2.05, 4.69) is 10.5 Å². The fourth-order valence-corrected chi connectivity index (χ4v) is 9.04. The topological polar surface area (TPSA) is 119 Å². The number of Topliss-reactive ketones (excluding diaryl/α,β-unsaturated/α-hetero) is 1. The first kappa shape index (κ1) is 33.2. The van der Waals surface area contributed by atoms with Crippen molar-refractivity contribution in [2.75, 3.05) is 23.9 Å². The number of anilines is 1. The number of amides is 1. The van der Waals surface area contributed by atoms with Crippen molar-refractivity contribution < 1.29 is 22.6 Å². The second-order valence-corrected chi connectivity index (χ2v) is 15.4. The van der Waals surface area contributed by atoms with Gasteiger partial charge in [-0.1, -0.05) is 67.2 Å². The molecule has 2 saturated carbocycles. The first-order chi connectivity index (χ1) is 20.7. The van der Waals surface area contributed by atoms with Gasteiger partial charge in [-0.2, -0.15) is 13.5 Å². The van der Waals surface area contributed by atoms with Crippen LogP contribution in [0.15, 0.2) is 47.6 Å². The molecule has 4 aliphatic rings. The third-order valence-electron chi connectivity index (χ3n) is 9.77. The summed E-state index contributed by atoms with van der Waals surface area (Å²) in [5, 5.41) is 10.1. The van der Waals surface area contributed by atoms with Crippen molar-refractivity contribution >= 4 is 68.0 Å². The SMILES string of the molecule is CC1(C)C2CCC1(CS(=O)(=O)O)C(=O)C2.O=C(NN1CCCCC1)C1=NN(c2ccc(Cl)cc2Cl)[C@@H](c2ccc(Cl)cc2)C1. The molecule has 2 aliphatic heterocycles. The fraction of sp³-hybridized carbons (Fsp3) is 0.516. The molecular formula is C31H37Cl3N4O5S. The van der Waals surface area contributed by atoms with Crippen LogP contribution in [0, 0.1) is 16.7 Å². The number of hydrogen-bond donors (Lipinski definition) is 2. The van der Waals surface area contributed by atoms with Crippen LogP contribution in [-0.4, -0.2) is 54.2 Å². The summed E-state index contributed by atoms with van der Waals surface area (Å²) in [5.74, 6) is -0.269. The van der Waals surface area contributed by atoms with Crippen molar-refractivity contribution in [1.29, 1.82) is 0 Å². The lowest BCUT2D eigenvalue weighted by Crippen LogP contribution is -2.47. The number of hydrogen-bond acceptors (Lipinski definition) is 7. The van der Waals surface area contributed by atoms with Gasteiger partial charge in [0.05, 0.1) is 27.9 Å². The van der Waals surface area contributed by atoms with E-state index in [1.54, 1.807) is 17.1 Å². The van der Waals surface area contributed by atoms with E-state index < -0.39 is 21.3 Å². The number of rotatable bonds is 6. The molecule has 0 spiro atoms. The summed E-state index contributed by atoms with van der Waals surface area (Å²) in [7, 11) is -4.08. The van der Waals surface area contributed by atoms with Crippen molar-refractivity contribution in [3.8, 4) is 0 Å². The molecule has 3 atom stereocenters. The molecule has 2 aromatic rings. The summed E-state index contributed by atoms with van der Waals surface area (Å²) in [6.07, 6.45) is 5.83. The Labute approximate surface area is 273 Å². The molecule has 1 amide bonds. The number of nitrogens with zero attached hydrogens (tertiary/aromatic N) is 3. The van der Waals surface area contributed by atoms with Crippen LogP contribution in [0.25, 0.3) is 0 Å². The normalized spacial score (nSPS) is 26.3. The minimum absolute atomic E-state index is 0.0152. The highest BCUT2D eigenvalue weighted by molar-refractivity contribution is 7.85. The van der Waals surface area contributed by atoms with Gasteiger partial charge in [-0.25, -0.2) is 5.01 Å². The lowest BCUT2D eigenvalue weighted by atomic mass is 9.70. The molecular weight excluding hydrogens is 647 g/mol. The summed E-state index contributed by atoms with van der Waals surface area (Å²) in [6, 6.07) is 12.7. The van der Waals surface area contributed by atoms with Gasteiger partial charge >= 0.3 is 0 Å². The predicted octanol–water partition coefficient (Wildman–Crippen LogP) is 6.74. The Kier molecular flexibility index (Phi) is 9.71. The first-order valence-electron chi connectivity index (χ1n) is 14.8. The van der Waals surface area contributed by atoms with E-state index in [0.717, 1.165) is 37.9 Å². The zero-order valence-electron chi connectivity index (χ0n) is 24.7. The highest BCUT2D eigenvalue weighted by Gasteiger charge is 2.65. The fourth-order valence-electron chi connectivity index (χ4n) is 7.11. The van der Waals surface area contributed by atoms with E-state index >= 15 is 0 Å². The van der Waals surface area contributed by atoms with Gasteiger partial charge in [0.1, 0.15) is 11.5 Å². The molecule has 0 radical (unpaired) electrons. The summed E-state index contributed by atoms with van der Waals surface area (Å²) in [4.78, 5) is 24.8. The van der Waals surface area contributed by atoms with Gasteiger partial charge in [0.25, 0.3) is 16.0 Å². The molecule has 13 heteroatoms. The number of carbonyl (C=O) groups is 2. The molecule has 2 heterocycles. The number of hydrazine groups is 1. The zero-order valence-corrected chi connectivity index (χ0v) is 27.8. The maximum Gasteiger partial charge on any atom is 0.281 e. The summed E-state index contributed by atoms with van der Waals surface area (Å²) in [6.45, 7) is 5.63. The minimum Gasteiger partial charge on any atom is -0.299 e. The molecule has 2 bridgehead atoms. The number of nitrogens with one attached hydrogen (secondary N) is 1. The van der Waals surface area contributed by atoms with Crippen molar-refractivity contribution in [2.24, 2.45) is 21.8 Å². The van der Waals surface area contributed by atoms with E-state index in [4.69, 9.17) is 39.4 Å². The van der Waals surface area contributed by atoms with Crippen molar-refractivity contribution in [1.82, 2.24) is 10.4 Å². The molecule has 238 valence electrons. The standard InChI is InChI=1S/C21H21Cl3N4O.C10H16O4S/c22-15-6-4-14(5-7-15)20-13-18(21(29)26-27-10-2-1-3-11-27)25-28(20)19-9-8-16(23)12-17(19)24;1-9(2)7-3-4-10(9,8(11)5-7)6-15(12,13)14/h4-9,12,20H,1-3,10-11,13H2,(H,26,29);7H,3-6H2,1-2H3,(H,12,13,14)/t20-;/m1./s1. The summed E-state index contributed by atoms with van der Waals surface area (Å²) < 4.78 is 31.0. The average Bonchev–Trinajstić information content (AvgIpc) is 3.54. The molecule has 2 N–H and O–H groups in total. The smallest absolute Gasteiger partial charge is 0.281 e. The third-order valence-corrected chi connectivity index (χ3v) is 11.4. The molecule has 2 aromatic carbocycles. The van der Waals surface area contributed by atoms with Crippen LogP contribution >= 0.6 is 34.8 Å². The lowest BCUT2D eigenvalue weighted by molar-refractivity contribution is -0.128. The van der Waals surface area contributed by atoms with Crippen molar-refractivity contribution in [3.63, 3.8) is 0 Å². The van der Waals surface area contributed by atoms with E-state index in [1.165, 1.54) is 6.42 Å². The van der Waals surface area contributed by atoms with E-state index in [9.17, 15) is 18.0 Å². The molecule has 2 aliphatic carbocycles. The van der Waals surface area contributed by atoms with Gasteiger partial charge in [-0.15, -0.1) is 0 Å². The quantitative estimate of drug-likeness (QED) is 0.324. The van der Waals surface area contributed by atoms with Gasteiger partial charge in [-0.3, -0.25) is 24.6 Å². The second-order valence-electron chi connectivity index (χ2n) is 12.6. The van der Waals surface area contributed by atoms with Crippen molar-refractivity contribution in [2.45, 2.75) is 64.8 Å². The Morgan fingerprint density at radius 3 is 2.25 bits per heavy atom. The lowest BCUT2D eigenvalue weighted by Gasteiger charge is -2.35. The number of ketones is 1. The van der Waals surface area contributed by atoms with Crippen LogP contribution in [0.5, 0.6) is 0 Å². The molecule has 9 nitrogen and oxygen atoms in total. The van der Waals surface area contributed by atoms with Gasteiger partial charge in [-0.05, 0) is 72.9 Å². The zero-order chi connectivity index (χ0) is 31.9. The average molecular weight is 684 g/mol. The Balaban J connectivity index is 0.000000215. The molecule has 0 aromatic heterocycles. The summed E-state index contributed by atoms with van der Waals surface area (Å²) in [5.41, 5.74) is 4.06. The molecule has 6 rings (SSSR count). The molecule has 1 saturated heterocycles. The maximum atomic E-state index is 12.9. The van der Waals surface area contributed by atoms with Crippen LogP contribution in [0.2, 0.25) is 15.1 Å². The highest BCUT2D eigenvalue weighted by atomic mass is 35.5. The van der Waals surface area contributed by atoms with Gasteiger partial charge in [0.2, 0.25) is 0 Å². The Bertz CT molecular complexity index is 1560. The monoisotopic (exact) mass is 682 g/mol. The number of piperidine rings is 1. The van der Waals surface area contributed by atoms with Gasteiger partial charge in [0, 0.05) is 36.0 Å². The minimum atomic E-state index is -4.08. The first-order valence-corrected chi connectivity index (χ1v) is 17.6. The second kappa shape index (κ2) is 12.9. The number of hydrazone groups is 1. The predicted molar refractivity (Wildman–Crippen MR) is 174 cm³/mol. The van der Waals surface area contributed by atoms with Crippen molar-refractivity contribution in [3.05, 3.63) is 63.1 Å². The maximum absolute atomic E-state index is 12.9. The van der Waals surface area contributed by atoms with Crippen LogP contribution in [0.3, 0.4) is 0 Å². The molecule has 3 fully saturated rings. The molecule has 2 unspecified atom stereocenters. The summed E-state index contributed by atoms with van der Waals surface area (Å²) >= 11 is 18.6.